The Bertz CT molecular complexity index is 275. The Hall–Kier alpha value is -1.05. The summed E-state index contributed by atoms with van der Waals surface area (Å²) in [6, 6.07) is 0. The lowest BCUT2D eigenvalue weighted by molar-refractivity contribution is -0.147. The molecule has 1 atom stereocenters. The zero-order chi connectivity index (χ0) is 12.2. The van der Waals surface area contributed by atoms with E-state index in [1.165, 1.54) is 7.11 Å². The van der Waals surface area contributed by atoms with E-state index in [9.17, 15) is 4.79 Å². The quantitative estimate of drug-likeness (QED) is 0.527. The van der Waals surface area contributed by atoms with Crippen LogP contribution < -0.4 is 0 Å². The van der Waals surface area contributed by atoms with E-state index in [1.807, 2.05) is 34.6 Å². The molecule has 0 aliphatic carbocycles. The zero-order valence-corrected chi connectivity index (χ0v) is 10.7. The summed E-state index contributed by atoms with van der Waals surface area (Å²) in [4.78, 5) is 11.8. The Morgan fingerprint density at radius 1 is 1.33 bits per heavy atom. The second kappa shape index (κ2) is 5.15. The third kappa shape index (κ3) is 3.54. The van der Waals surface area contributed by atoms with Gasteiger partial charge in [0.25, 0.3) is 0 Å². The van der Waals surface area contributed by atoms with Crippen molar-refractivity contribution in [1.29, 1.82) is 0 Å². The van der Waals surface area contributed by atoms with Crippen molar-refractivity contribution in [3.8, 4) is 0 Å². The average molecular weight is 210 g/mol. The Morgan fingerprint density at radius 3 is 2.00 bits per heavy atom. The number of esters is 1. The van der Waals surface area contributed by atoms with Crippen molar-refractivity contribution in [2.45, 2.75) is 34.6 Å². The van der Waals surface area contributed by atoms with Gasteiger partial charge in [-0.25, -0.2) is 0 Å². The fourth-order valence-corrected chi connectivity index (χ4v) is 1.68. The van der Waals surface area contributed by atoms with Crippen LogP contribution in [0.1, 0.15) is 34.6 Å². The third-order valence-corrected chi connectivity index (χ3v) is 2.41. The molecule has 0 saturated heterocycles. The Morgan fingerprint density at radius 2 is 1.80 bits per heavy atom. The van der Waals surface area contributed by atoms with Crippen LogP contribution in [0.2, 0.25) is 0 Å². The molecule has 0 rings (SSSR count). The number of rotatable bonds is 3. The molecular formula is C13H22O2. The highest BCUT2D eigenvalue weighted by Crippen LogP contribution is 2.34. The summed E-state index contributed by atoms with van der Waals surface area (Å²) in [6.45, 7) is 13.8. The van der Waals surface area contributed by atoms with Gasteiger partial charge in [0.15, 0.2) is 0 Å². The highest BCUT2D eigenvalue weighted by atomic mass is 16.5. The van der Waals surface area contributed by atoms with Crippen LogP contribution in [0.25, 0.3) is 0 Å². The molecule has 0 aromatic heterocycles. The number of allylic oxidation sites excluding steroid dienone is 2. The lowest BCUT2D eigenvalue weighted by atomic mass is 9.75. The Balaban J connectivity index is 5.39. The molecule has 0 aliphatic heterocycles. The van der Waals surface area contributed by atoms with Gasteiger partial charge in [0, 0.05) is 0 Å². The summed E-state index contributed by atoms with van der Waals surface area (Å²) in [6.07, 6.45) is 1.75. The normalized spacial score (nSPS) is 12.9. The van der Waals surface area contributed by atoms with E-state index < -0.39 is 0 Å². The van der Waals surface area contributed by atoms with Gasteiger partial charge in [-0.1, -0.05) is 39.0 Å². The molecule has 0 saturated carbocycles. The first-order valence-electron chi connectivity index (χ1n) is 5.13. The number of hydrogen-bond donors (Lipinski definition) is 0. The maximum absolute atomic E-state index is 11.8. The topological polar surface area (TPSA) is 26.3 Å². The van der Waals surface area contributed by atoms with Crippen molar-refractivity contribution in [2.24, 2.45) is 11.3 Å². The van der Waals surface area contributed by atoms with Gasteiger partial charge in [0.2, 0.25) is 0 Å². The second-order valence-electron chi connectivity index (χ2n) is 4.98. The van der Waals surface area contributed by atoms with Crippen LogP contribution in [0, 0.1) is 11.3 Å². The summed E-state index contributed by atoms with van der Waals surface area (Å²) in [5.74, 6) is -0.441. The standard InChI is InChI=1S/C13H22O2/c1-8-10(9(2)3)11(12(14)15-7)13(4,5)6/h8,11H,1H2,2-7H3. The number of methoxy groups -OCH3 is 1. The molecule has 0 bridgehead atoms. The van der Waals surface area contributed by atoms with Crippen LogP contribution in [0.5, 0.6) is 0 Å². The predicted octanol–water partition coefficient (Wildman–Crippen LogP) is 3.34. The molecule has 0 fully saturated rings. The van der Waals surface area contributed by atoms with Crippen molar-refractivity contribution in [2.75, 3.05) is 7.11 Å². The molecule has 2 heteroatoms. The van der Waals surface area contributed by atoms with Crippen LogP contribution in [-0.2, 0) is 9.53 Å². The molecule has 0 spiro atoms. The van der Waals surface area contributed by atoms with Gasteiger partial charge in [0.1, 0.15) is 0 Å². The van der Waals surface area contributed by atoms with Gasteiger partial charge >= 0.3 is 5.97 Å². The van der Waals surface area contributed by atoms with E-state index in [2.05, 4.69) is 6.58 Å². The summed E-state index contributed by atoms with van der Waals surface area (Å²) in [7, 11) is 1.42. The SMILES string of the molecule is C=CC(=C(C)C)C(C(=O)OC)C(C)(C)C. The summed E-state index contributed by atoms with van der Waals surface area (Å²) in [5.41, 5.74) is 1.91. The largest absolute Gasteiger partial charge is 0.469 e. The Kier molecular flexibility index (Phi) is 4.79. The van der Waals surface area contributed by atoms with Crippen LogP contribution in [0.15, 0.2) is 23.8 Å². The smallest absolute Gasteiger partial charge is 0.313 e. The lowest BCUT2D eigenvalue weighted by Gasteiger charge is -2.30. The molecule has 1 unspecified atom stereocenters. The van der Waals surface area contributed by atoms with E-state index >= 15 is 0 Å². The van der Waals surface area contributed by atoms with Gasteiger partial charge in [-0.15, -0.1) is 0 Å². The van der Waals surface area contributed by atoms with Crippen LogP contribution in [0.3, 0.4) is 0 Å². The van der Waals surface area contributed by atoms with Gasteiger partial charge in [-0.2, -0.15) is 0 Å². The minimum atomic E-state index is -0.245. The molecule has 2 nitrogen and oxygen atoms in total. The van der Waals surface area contributed by atoms with Crippen LogP contribution >= 0.6 is 0 Å². The predicted molar refractivity (Wildman–Crippen MR) is 63.5 cm³/mol. The number of carbonyl (C=O) groups excluding carboxylic acids is 1. The fourth-order valence-electron chi connectivity index (χ4n) is 1.68. The molecular weight excluding hydrogens is 188 g/mol. The summed E-state index contributed by atoms with van der Waals surface area (Å²) >= 11 is 0. The van der Waals surface area contributed by atoms with Crippen molar-refractivity contribution >= 4 is 5.97 Å². The van der Waals surface area contributed by atoms with Gasteiger partial charge in [0.05, 0.1) is 13.0 Å². The minimum Gasteiger partial charge on any atom is -0.469 e. The highest BCUT2D eigenvalue weighted by molar-refractivity contribution is 5.77. The molecule has 0 aromatic rings. The van der Waals surface area contributed by atoms with Gasteiger partial charge < -0.3 is 4.74 Å². The molecule has 0 heterocycles. The first-order valence-corrected chi connectivity index (χ1v) is 5.13. The first-order chi connectivity index (χ1) is 6.75. The maximum atomic E-state index is 11.8. The lowest BCUT2D eigenvalue weighted by Crippen LogP contribution is -2.31. The van der Waals surface area contributed by atoms with E-state index in [4.69, 9.17) is 4.74 Å². The van der Waals surface area contributed by atoms with Crippen molar-refractivity contribution < 1.29 is 9.53 Å². The zero-order valence-electron chi connectivity index (χ0n) is 10.7. The molecule has 0 aromatic carbocycles. The molecule has 0 amide bonds. The van der Waals surface area contributed by atoms with Gasteiger partial charge in [-0.05, 0) is 24.8 Å². The first kappa shape index (κ1) is 13.9. The third-order valence-electron chi connectivity index (χ3n) is 2.41. The van der Waals surface area contributed by atoms with Crippen LogP contribution in [-0.4, -0.2) is 13.1 Å². The molecule has 15 heavy (non-hydrogen) atoms. The van der Waals surface area contributed by atoms with E-state index in [0.29, 0.717) is 0 Å². The number of hydrogen-bond acceptors (Lipinski definition) is 2. The average Bonchev–Trinajstić information content (AvgIpc) is 2.10. The fraction of sp³-hybridized carbons (Fsp3) is 0.615. The summed E-state index contributed by atoms with van der Waals surface area (Å²) in [5, 5.41) is 0. The van der Waals surface area contributed by atoms with Gasteiger partial charge in [-0.3, -0.25) is 4.79 Å². The highest BCUT2D eigenvalue weighted by Gasteiger charge is 2.34. The Labute approximate surface area is 93.0 Å². The minimum absolute atomic E-state index is 0.159. The van der Waals surface area contributed by atoms with E-state index in [-0.39, 0.29) is 17.3 Å². The second-order valence-corrected chi connectivity index (χ2v) is 4.98. The number of carbonyl (C=O) groups is 1. The van der Waals surface area contributed by atoms with E-state index in [1.54, 1.807) is 6.08 Å². The monoisotopic (exact) mass is 210 g/mol. The molecule has 86 valence electrons. The number of ether oxygens (including phenoxy) is 1. The van der Waals surface area contributed by atoms with Crippen molar-refractivity contribution in [1.82, 2.24) is 0 Å². The molecule has 0 N–H and O–H groups in total. The molecule has 0 aliphatic rings. The molecule has 0 radical (unpaired) electrons. The van der Waals surface area contributed by atoms with E-state index in [0.717, 1.165) is 11.1 Å². The van der Waals surface area contributed by atoms with Crippen molar-refractivity contribution in [3.05, 3.63) is 23.8 Å². The maximum Gasteiger partial charge on any atom is 0.313 e. The van der Waals surface area contributed by atoms with Crippen LogP contribution in [0.4, 0.5) is 0 Å². The van der Waals surface area contributed by atoms with Crippen molar-refractivity contribution in [3.63, 3.8) is 0 Å². The summed E-state index contributed by atoms with van der Waals surface area (Å²) < 4.78 is 4.85.